The number of hydrogen-bond donors (Lipinski definition) is 8. The molecule has 0 spiro atoms. The lowest BCUT2D eigenvalue weighted by molar-refractivity contribution is -0.122. The van der Waals surface area contributed by atoms with Crippen LogP contribution in [0.1, 0.15) is 106 Å². The number of rotatable bonds is 14. The standard InChI is InChI=1S/C40H54N6O6/c1-21-27(9-11-37(49)41-13-15-47)33-20-34-28(10-12-38(50)42-14-16-48)22(2)30(44-34)18-35-40(26(6)52-8)24(4)32(46-35)19-36-39(25(5)51-7)23(3)31(45-36)17-29(21)43-33/h17-20,25-26,43-48H,9-16H2,1-8H3,(H,41,49)(H,42,50). The van der Waals surface area contributed by atoms with Gasteiger partial charge in [0.2, 0.25) is 11.8 Å². The SMILES string of the molecule is COC(C)c1c2[nH]c(c1C)C=c1[nH]c(c(CCC(=O)NCCO)c1C)=Cc1[nH]c(c(C)c1CCC(=O)NCCO)C=c1[nH]c(c(C)c1C(C)OC)=C2. The highest BCUT2D eigenvalue weighted by Crippen LogP contribution is 2.29. The van der Waals surface area contributed by atoms with E-state index in [4.69, 9.17) is 9.47 Å². The van der Waals surface area contributed by atoms with Crippen LogP contribution in [0.25, 0.3) is 24.3 Å². The maximum absolute atomic E-state index is 12.7. The van der Waals surface area contributed by atoms with Gasteiger partial charge in [-0.05, 0) is 112 Å². The Balaban J connectivity index is 1.84. The Kier molecular flexibility index (Phi) is 12.5. The average Bonchev–Trinajstić information content (AvgIpc) is 3.80. The molecule has 4 aromatic rings. The highest BCUT2D eigenvalue weighted by Gasteiger charge is 2.21. The molecule has 0 aromatic carbocycles. The number of aliphatic hydroxyl groups is 2. The van der Waals surface area contributed by atoms with Gasteiger partial charge in [-0.3, -0.25) is 9.59 Å². The van der Waals surface area contributed by atoms with Gasteiger partial charge in [-0.2, -0.15) is 0 Å². The Morgan fingerprint density at radius 1 is 0.596 bits per heavy atom. The summed E-state index contributed by atoms with van der Waals surface area (Å²) in [5.74, 6) is -0.266. The van der Waals surface area contributed by atoms with Crippen molar-refractivity contribution in [2.45, 2.75) is 79.4 Å². The summed E-state index contributed by atoms with van der Waals surface area (Å²) < 4.78 is 11.7. The lowest BCUT2D eigenvalue weighted by Crippen LogP contribution is -2.27. The van der Waals surface area contributed by atoms with Crippen LogP contribution in [-0.2, 0) is 31.9 Å². The van der Waals surface area contributed by atoms with Crippen LogP contribution in [-0.4, -0.2) is 82.5 Å². The number of nitrogens with one attached hydrogen (secondary N) is 6. The van der Waals surface area contributed by atoms with Crippen molar-refractivity contribution in [1.82, 2.24) is 30.6 Å². The summed E-state index contributed by atoms with van der Waals surface area (Å²) in [6, 6.07) is 0. The first-order chi connectivity index (χ1) is 24.9. The number of methoxy groups -OCH3 is 2. The number of ether oxygens (including phenoxy) is 2. The highest BCUT2D eigenvalue weighted by molar-refractivity contribution is 5.77. The van der Waals surface area contributed by atoms with E-state index in [0.29, 0.717) is 12.8 Å². The molecule has 52 heavy (non-hydrogen) atoms. The van der Waals surface area contributed by atoms with Crippen molar-refractivity contribution in [3.8, 4) is 0 Å². The number of aliphatic hydroxyl groups excluding tert-OH is 2. The average molecular weight is 715 g/mol. The Morgan fingerprint density at radius 3 is 1.69 bits per heavy atom. The van der Waals surface area contributed by atoms with E-state index in [2.05, 4.69) is 82.6 Å². The number of amides is 2. The van der Waals surface area contributed by atoms with E-state index < -0.39 is 0 Å². The van der Waals surface area contributed by atoms with Gasteiger partial charge >= 0.3 is 0 Å². The molecule has 280 valence electrons. The maximum Gasteiger partial charge on any atom is 0.220 e. The minimum Gasteiger partial charge on any atom is -0.395 e. The normalized spacial score (nSPS) is 13.4. The van der Waals surface area contributed by atoms with E-state index in [0.717, 1.165) is 88.7 Å². The summed E-state index contributed by atoms with van der Waals surface area (Å²) in [6.45, 7) is 12.6. The molecule has 1 aliphatic rings. The Labute approximate surface area is 304 Å². The Hall–Kier alpha value is -4.62. The molecule has 0 aliphatic carbocycles. The number of fused-ring (bicyclic) bond motifs is 8. The zero-order valence-corrected chi connectivity index (χ0v) is 31.6. The fraction of sp³-hybridized carbons (Fsp3) is 0.450. The van der Waals surface area contributed by atoms with Crippen molar-refractivity contribution in [1.29, 1.82) is 0 Å². The van der Waals surface area contributed by atoms with Crippen molar-refractivity contribution >= 4 is 36.1 Å². The van der Waals surface area contributed by atoms with Crippen molar-refractivity contribution in [3.05, 3.63) is 88.7 Å². The van der Waals surface area contributed by atoms with Gasteiger partial charge in [-0.1, -0.05) is 0 Å². The molecule has 4 aromatic heterocycles. The quantitative estimate of drug-likeness (QED) is 0.0861. The predicted molar refractivity (Wildman–Crippen MR) is 203 cm³/mol. The van der Waals surface area contributed by atoms with Crippen LogP contribution >= 0.6 is 0 Å². The molecular weight excluding hydrogens is 660 g/mol. The van der Waals surface area contributed by atoms with E-state index in [1.54, 1.807) is 14.2 Å². The minimum absolute atomic E-state index is 0.118. The highest BCUT2D eigenvalue weighted by atomic mass is 16.5. The fourth-order valence-electron chi connectivity index (χ4n) is 7.27. The number of hydrogen-bond acceptors (Lipinski definition) is 6. The van der Waals surface area contributed by atoms with Crippen molar-refractivity contribution in [2.24, 2.45) is 0 Å². The van der Waals surface area contributed by atoms with Gasteiger partial charge in [0, 0.05) is 95.4 Å². The van der Waals surface area contributed by atoms with Crippen LogP contribution in [0.3, 0.4) is 0 Å². The van der Waals surface area contributed by atoms with E-state index in [1.165, 1.54) is 0 Å². The molecule has 5 rings (SSSR count). The molecule has 0 fully saturated rings. The van der Waals surface area contributed by atoms with Crippen LogP contribution in [0.15, 0.2) is 0 Å². The van der Waals surface area contributed by atoms with Crippen LogP contribution in [0.2, 0.25) is 0 Å². The monoisotopic (exact) mass is 714 g/mol. The van der Waals surface area contributed by atoms with Gasteiger partial charge in [0.15, 0.2) is 0 Å². The molecule has 8 bridgehead atoms. The van der Waals surface area contributed by atoms with Crippen molar-refractivity contribution < 1.29 is 29.3 Å². The first-order valence-corrected chi connectivity index (χ1v) is 18.0. The third-order valence-corrected chi connectivity index (χ3v) is 10.4. The van der Waals surface area contributed by atoms with Crippen molar-refractivity contribution in [2.75, 3.05) is 40.5 Å². The van der Waals surface area contributed by atoms with Gasteiger partial charge in [0.1, 0.15) is 0 Å². The molecule has 0 saturated heterocycles. The van der Waals surface area contributed by atoms with Gasteiger partial charge in [-0.15, -0.1) is 0 Å². The smallest absolute Gasteiger partial charge is 0.220 e. The largest absolute Gasteiger partial charge is 0.395 e. The summed E-state index contributed by atoms with van der Waals surface area (Å²) in [5.41, 5.74) is 11.9. The molecule has 2 amide bonds. The molecule has 2 atom stereocenters. The molecule has 12 nitrogen and oxygen atoms in total. The van der Waals surface area contributed by atoms with E-state index >= 15 is 0 Å². The number of aromatic amines is 4. The Bertz CT molecular complexity index is 2180. The number of aromatic nitrogens is 4. The second-order valence-corrected chi connectivity index (χ2v) is 13.6. The molecule has 8 N–H and O–H groups in total. The molecule has 5 heterocycles. The lowest BCUT2D eigenvalue weighted by Gasteiger charge is -2.11. The topological polar surface area (TPSA) is 180 Å². The number of carbonyl (C=O) groups is 2. The van der Waals surface area contributed by atoms with Crippen molar-refractivity contribution in [3.63, 3.8) is 0 Å². The fourth-order valence-corrected chi connectivity index (χ4v) is 7.27. The first kappa shape index (κ1) is 38.6. The third-order valence-electron chi connectivity index (χ3n) is 10.4. The van der Waals surface area contributed by atoms with E-state index in [-0.39, 0.29) is 63.2 Å². The molecular formula is C40H54N6O6. The third kappa shape index (κ3) is 8.05. The predicted octanol–water partition coefficient (Wildman–Crippen LogP) is 1.36. The van der Waals surface area contributed by atoms with Gasteiger partial charge < -0.3 is 50.3 Å². The zero-order chi connectivity index (χ0) is 37.7. The Morgan fingerprint density at radius 2 is 1.08 bits per heavy atom. The maximum atomic E-state index is 12.7. The summed E-state index contributed by atoms with van der Waals surface area (Å²) in [7, 11) is 3.43. The van der Waals surface area contributed by atoms with Crippen LogP contribution in [0.5, 0.6) is 0 Å². The second-order valence-electron chi connectivity index (χ2n) is 13.6. The van der Waals surface area contributed by atoms with Crippen LogP contribution in [0.4, 0.5) is 0 Å². The molecule has 1 aliphatic heterocycles. The van der Waals surface area contributed by atoms with E-state index in [1.807, 2.05) is 13.8 Å². The lowest BCUT2D eigenvalue weighted by atomic mass is 10.0. The van der Waals surface area contributed by atoms with E-state index in [9.17, 15) is 19.8 Å². The zero-order valence-electron chi connectivity index (χ0n) is 31.6. The van der Waals surface area contributed by atoms with Gasteiger partial charge in [0.05, 0.1) is 25.4 Å². The first-order valence-electron chi connectivity index (χ1n) is 18.0. The summed E-state index contributed by atoms with van der Waals surface area (Å²) >= 11 is 0. The minimum atomic E-state index is -0.188. The number of carbonyl (C=O) groups excluding carboxylic acids is 2. The molecule has 2 unspecified atom stereocenters. The van der Waals surface area contributed by atoms with Gasteiger partial charge in [-0.25, -0.2) is 0 Å². The molecule has 0 radical (unpaired) electrons. The summed E-state index contributed by atoms with van der Waals surface area (Å²) in [5, 5.41) is 27.6. The summed E-state index contributed by atoms with van der Waals surface area (Å²) in [6.07, 6.45) is 9.54. The molecule has 12 heteroatoms. The van der Waals surface area contributed by atoms with Gasteiger partial charge in [0.25, 0.3) is 0 Å². The second kappa shape index (κ2) is 16.8. The van der Waals surface area contributed by atoms with Crippen LogP contribution < -0.4 is 32.0 Å². The summed E-state index contributed by atoms with van der Waals surface area (Å²) in [4.78, 5) is 40.1. The van der Waals surface area contributed by atoms with Crippen LogP contribution in [0, 0.1) is 27.7 Å². The molecule has 0 saturated carbocycles. The number of H-pyrrole nitrogens is 4.